The monoisotopic (exact) mass is 883 g/mol. The number of carbonyl (C=O) groups is 4. The fraction of sp³-hybridized carbons (Fsp3) is 0.356. The van der Waals surface area contributed by atoms with Crippen molar-refractivity contribution in [1.82, 2.24) is 29.4 Å². The lowest BCUT2D eigenvalue weighted by molar-refractivity contribution is -0.136. The van der Waals surface area contributed by atoms with E-state index in [9.17, 15) is 37.1 Å². The first-order valence-electron chi connectivity index (χ1n) is 20.9. The van der Waals surface area contributed by atoms with Crippen molar-refractivity contribution >= 4 is 50.4 Å². The lowest BCUT2D eigenvalue weighted by atomic mass is 9.88. The largest absolute Gasteiger partial charge is 0.388 e. The van der Waals surface area contributed by atoms with E-state index in [1.54, 1.807) is 24.4 Å². The summed E-state index contributed by atoms with van der Waals surface area (Å²) in [5, 5.41) is 13.7. The first kappa shape index (κ1) is 42.4. The van der Waals surface area contributed by atoms with Gasteiger partial charge in [0.2, 0.25) is 17.6 Å². The molecule has 5 aromatic rings. The van der Waals surface area contributed by atoms with Gasteiger partial charge in [-0.2, -0.15) is 12.7 Å². The average molecular weight is 884 g/mol. The smallest absolute Gasteiger partial charge is 0.301 e. The van der Waals surface area contributed by atoms with Crippen molar-refractivity contribution in [2.75, 3.05) is 37.4 Å². The number of aliphatic hydroxyl groups excluding tert-OH is 1. The van der Waals surface area contributed by atoms with Crippen molar-refractivity contribution in [2.24, 2.45) is 0 Å². The third kappa shape index (κ3) is 8.35. The molecule has 18 heteroatoms. The zero-order chi connectivity index (χ0) is 44.2. The summed E-state index contributed by atoms with van der Waals surface area (Å²) in [4.78, 5) is 62.0. The highest BCUT2D eigenvalue weighted by Gasteiger charge is 2.39. The lowest BCUT2D eigenvalue weighted by Gasteiger charge is -2.32. The van der Waals surface area contributed by atoms with Crippen LogP contribution in [-0.2, 0) is 26.3 Å². The van der Waals surface area contributed by atoms with Crippen LogP contribution in [0.25, 0.3) is 22.2 Å². The van der Waals surface area contributed by atoms with Gasteiger partial charge in [0.15, 0.2) is 5.82 Å². The Hall–Kier alpha value is -5.95. The number of likely N-dealkylation sites (tertiary alicyclic amines) is 1. The summed E-state index contributed by atoms with van der Waals surface area (Å²) < 4.78 is 73.0. The number of hydrogen-bond donors (Lipinski definition) is 4. The Kier molecular flexibility index (Phi) is 11.4. The second-order valence-corrected chi connectivity index (χ2v) is 18.3. The number of halogens is 3. The highest BCUT2D eigenvalue weighted by atomic mass is 32.2. The maximum atomic E-state index is 15.7. The van der Waals surface area contributed by atoms with Crippen LogP contribution < -0.4 is 10.0 Å². The average Bonchev–Trinajstić information content (AvgIpc) is 4.00. The number of nitrogens with one attached hydrogen (secondary N) is 3. The Morgan fingerprint density at radius 2 is 1.73 bits per heavy atom. The normalized spacial score (nSPS) is 20.6. The summed E-state index contributed by atoms with van der Waals surface area (Å²) in [6.45, 7) is 2.13. The van der Waals surface area contributed by atoms with Gasteiger partial charge in [-0.05, 0) is 97.6 Å². The highest BCUT2D eigenvalue weighted by molar-refractivity contribution is 7.90. The van der Waals surface area contributed by atoms with Gasteiger partial charge in [-0.15, -0.1) is 0 Å². The number of carbonyl (C=O) groups excluding carboxylic acids is 4. The van der Waals surface area contributed by atoms with Gasteiger partial charge in [0, 0.05) is 67.1 Å². The van der Waals surface area contributed by atoms with Crippen molar-refractivity contribution in [1.29, 1.82) is 0 Å². The quantitative estimate of drug-likeness (QED) is 0.0928. The molecule has 3 aromatic carbocycles. The summed E-state index contributed by atoms with van der Waals surface area (Å²) in [5.74, 6) is -4.32. The summed E-state index contributed by atoms with van der Waals surface area (Å²) in [5.41, 5.74) is 3.28. The number of H-pyrrole nitrogens is 1. The topological polar surface area (TPSA) is 185 Å². The third-order valence-electron chi connectivity index (χ3n) is 12.7. The van der Waals surface area contributed by atoms with Gasteiger partial charge in [-0.25, -0.2) is 18.2 Å². The Morgan fingerprint density at radius 1 is 0.952 bits per heavy atom. The number of ketones is 1. The maximum Gasteiger partial charge on any atom is 0.301 e. The number of nitrogens with zero attached hydrogens (tertiary/aromatic N) is 4. The van der Waals surface area contributed by atoms with E-state index < -0.39 is 69.6 Å². The van der Waals surface area contributed by atoms with Crippen molar-refractivity contribution in [3.63, 3.8) is 0 Å². The number of rotatable bonds is 12. The summed E-state index contributed by atoms with van der Waals surface area (Å²) in [6.07, 6.45) is 3.66. The summed E-state index contributed by atoms with van der Waals surface area (Å²) in [6, 6.07) is 16.0. The number of aromatic nitrogens is 2. The number of pyridine rings is 1. The number of fused-ring (bicyclic) bond motifs is 2. The predicted molar refractivity (Wildman–Crippen MR) is 225 cm³/mol. The van der Waals surface area contributed by atoms with E-state index in [2.05, 4.69) is 32.3 Å². The van der Waals surface area contributed by atoms with Crippen LogP contribution in [0.5, 0.6) is 0 Å². The fourth-order valence-electron chi connectivity index (χ4n) is 9.14. The fourth-order valence-corrected chi connectivity index (χ4v) is 10.4. The maximum absolute atomic E-state index is 15.7. The molecule has 3 atom stereocenters. The Morgan fingerprint density at radius 3 is 2.46 bits per heavy atom. The minimum absolute atomic E-state index is 0.00348. The van der Waals surface area contributed by atoms with Crippen LogP contribution in [0, 0.1) is 11.6 Å². The standard InChI is InChI=1S/C45H44F3N7O7S/c46-31-13-18-54(24-31)63(61,62)52-36-8-7-35(47)40(41(36)48)42(58)34-22-50-43-33(34)20-29(21-49-43)26-3-1-25(2-4-26)27-11-15-53(16-12-27)17-14-38(56)28-5-6-32-30(19-28)23-55(45(32)60)37-9-10-39(57)51-44(37)59/h1-8,19-22,27,31,37-38,52,56H,9-18,23-24H2,(H,49,50)(H,51,57,59)/t31?,37-,38-/m1/s1. The number of hydrogen-bond acceptors (Lipinski definition) is 9. The molecule has 3 saturated heterocycles. The van der Waals surface area contributed by atoms with Gasteiger partial charge in [-0.1, -0.05) is 36.4 Å². The minimum atomic E-state index is -4.36. The molecule has 4 aliphatic heterocycles. The van der Waals surface area contributed by atoms with Gasteiger partial charge in [-0.3, -0.25) is 29.2 Å². The van der Waals surface area contributed by atoms with Crippen molar-refractivity contribution in [3.8, 4) is 11.1 Å². The van der Waals surface area contributed by atoms with Crippen LogP contribution in [-0.4, -0.2) is 106 Å². The van der Waals surface area contributed by atoms with E-state index >= 15 is 8.78 Å². The van der Waals surface area contributed by atoms with Crippen LogP contribution >= 0.6 is 0 Å². The minimum Gasteiger partial charge on any atom is -0.388 e. The number of amides is 3. The lowest BCUT2D eigenvalue weighted by Crippen LogP contribution is -2.52. The highest BCUT2D eigenvalue weighted by Crippen LogP contribution is 2.35. The van der Waals surface area contributed by atoms with Crippen molar-refractivity contribution < 1.29 is 45.9 Å². The Bertz CT molecular complexity index is 2760. The third-order valence-corrected chi connectivity index (χ3v) is 14.2. The molecular weight excluding hydrogens is 840 g/mol. The number of anilines is 1. The van der Waals surface area contributed by atoms with Crippen LogP contribution in [0.4, 0.5) is 18.9 Å². The van der Waals surface area contributed by atoms with Crippen molar-refractivity contribution in [2.45, 2.75) is 69.3 Å². The molecule has 9 rings (SSSR count). The van der Waals surface area contributed by atoms with Crippen LogP contribution in [0.2, 0.25) is 0 Å². The van der Waals surface area contributed by atoms with Gasteiger partial charge in [0.1, 0.15) is 23.7 Å². The summed E-state index contributed by atoms with van der Waals surface area (Å²) >= 11 is 0. The summed E-state index contributed by atoms with van der Waals surface area (Å²) in [7, 11) is -4.36. The SMILES string of the molecule is O=C1CC[C@@H](N2Cc3cc([C@H](O)CCN4CCC(c5ccc(-c6cnc7[nH]cc(C(=O)c8c(F)ccc(NS(=O)(=O)N9CCC(F)C9)c8F)c7c6)cc5)CC4)ccc3C2=O)C(=O)N1. The number of alkyl halides is 1. The molecule has 4 aliphatic rings. The van der Waals surface area contributed by atoms with Gasteiger partial charge >= 0.3 is 10.2 Å². The molecule has 0 aliphatic carbocycles. The Labute approximate surface area is 360 Å². The number of aliphatic hydroxyl groups is 1. The molecule has 0 saturated carbocycles. The number of benzene rings is 3. The first-order valence-corrected chi connectivity index (χ1v) is 22.4. The zero-order valence-corrected chi connectivity index (χ0v) is 34.8. The molecule has 6 heterocycles. The molecule has 14 nitrogen and oxygen atoms in total. The molecule has 1 unspecified atom stereocenters. The second-order valence-electron chi connectivity index (χ2n) is 16.6. The predicted octanol–water partition coefficient (Wildman–Crippen LogP) is 5.50. The van der Waals surface area contributed by atoms with E-state index in [1.807, 2.05) is 22.9 Å². The molecule has 0 spiro atoms. The molecule has 4 N–H and O–H groups in total. The van der Waals surface area contributed by atoms with Crippen LogP contribution in [0.1, 0.15) is 93.5 Å². The number of imide groups is 1. The molecule has 3 amide bonds. The molecule has 2 aromatic heterocycles. The van der Waals surface area contributed by atoms with Crippen LogP contribution in [0.3, 0.4) is 0 Å². The zero-order valence-electron chi connectivity index (χ0n) is 34.0. The van der Waals surface area contributed by atoms with E-state index in [0.717, 1.165) is 53.5 Å². The van der Waals surface area contributed by atoms with E-state index in [0.29, 0.717) is 46.6 Å². The molecule has 3 fully saturated rings. The molecule has 328 valence electrons. The molecule has 0 bridgehead atoms. The molecule has 63 heavy (non-hydrogen) atoms. The first-order chi connectivity index (χ1) is 30.2. The Balaban J connectivity index is 0.807. The molecular formula is C45H44F3N7O7S. The van der Waals surface area contributed by atoms with Gasteiger partial charge in [0.05, 0.1) is 17.4 Å². The van der Waals surface area contributed by atoms with Crippen LogP contribution in [0.15, 0.2) is 73.1 Å². The van der Waals surface area contributed by atoms with E-state index in [4.69, 9.17) is 0 Å². The number of aromatic amines is 1. The van der Waals surface area contributed by atoms with Gasteiger partial charge < -0.3 is 19.9 Å². The molecule has 0 radical (unpaired) electrons. The number of piperidine rings is 2. The van der Waals surface area contributed by atoms with Gasteiger partial charge in [0.25, 0.3) is 5.91 Å². The van der Waals surface area contributed by atoms with Crippen molar-refractivity contribution in [3.05, 3.63) is 118 Å². The second kappa shape index (κ2) is 17.0. The van der Waals surface area contributed by atoms with E-state index in [1.165, 1.54) is 16.7 Å². The van der Waals surface area contributed by atoms with E-state index in [-0.39, 0.29) is 49.7 Å².